The van der Waals surface area contributed by atoms with Crippen LogP contribution in [0.4, 0.5) is 0 Å². The first-order valence-corrected chi connectivity index (χ1v) is 9.07. The lowest BCUT2D eigenvalue weighted by atomic mass is 9.90. The third-order valence-corrected chi connectivity index (χ3v) is 5.65. The zero-order chi connectivity index (χ0) is 17.2. The average Bonchev–Trinajstić information content (AvgIpc) is 3.00. The van der Waals surface area contributed by atoms with Crippen molar-refractivity contribution in [3.05, 3.63) is 30.1 Å². The van der Waals surface area contributed by atoms with Gasteiger partial charge in [-0.2, -0.15) is 0 Å². The molecule has 2 fully saturated rings. The third-order valence-electron chi connectivity index (χ3n) is 5.65. The summed E-state index contributed by atoms with van der Waals surface area (Å²) in [5, 5.41) is 9.65. The summed E-state index contributed by atoms with van der Waals surface area (Å²) in [6.45, 7) is 9.28. The first-order chi connectivity index (χ1) is 11.5. The van der Waals surface area contributed by atoms with E-state index in [0.29, 0.717) is 6.54 Å². The van der Waals surface area contributed by atoms with Gasteiger partial charge in [0.25, 0.3) is 0 Å². The van der Waals surface area contributed by atoms with Crippen molar-refractivity contribution in [1.29, 1.82) is 0 Å². The number of piperidine rings is 1. The van der Waals surface area contributed by atoms with Crippen molar-refractivity contribution in [2.75, 3.05) is 32.7 Å². The van der Waals surface area contributed by atoms with Crippen molar-refractivity contribution in [2.45, 2.75) is 44.6 Å². The number of rotatable bonds is 5. The van der Waals surface area contributed by atoms with Gasteiger partial charge in [-0.25, -0.2) is 0 Å². The second-order valence-electron chi connectivity index (χ2n) is 7.89. The van der Waals surface area contributed by atoms with Gasteiger partial charge in [0.05, 0.1) is 5.92 Å². The maximum Gasteiger partial charge on any atom is 0.308 e. The molecular weight excluding hydrogens is 302 g/mol. The molecule has 2 aliphatic rings. The molecule has 0 amide bonds. The van der Waals surface area contributed by atoms with Crippen LogP contribution in [0.2, 0.25) is 0 Å². The summed E-state index contributed by atoms with van der Waals surface area (Å²) in [6, 6.07) is 3.90. The lowest BCUT2D eigenvalue weighted by molar-refractivity contribution is -0.141. The summed E-state index contributed by atoms with van der Waals surface area (Å²) in [7, 11) is 0. The summed E-state index contributed by atoms with van der Waals surface area (Å²) in [5.74, 6) is -0.998. The van der Waals surface area contributed by atoms with E-state index in [1.807, 2.05) is 18.3 Å². The highest BCUT2D eigenvalue weighted by molar-refractivity contribution is 5.72. The second-order valence-corrected chi connectivity index (χ2v) is 7.89. The highest BCUT2D eigenvalue weighted by Crippen LogP contribution is 2.34. The first kappa shape index (κ1) is 17.4. The van der Waals surface area contributed by atoms with Gasteiger partial charge in [-0.1, -0.05) is 12.5 Å². The standard InChI is InChI=1S/C19H29N3O2/c1-19(2,22-9-4-3-5-10-22)14-21-12-16(17(13-21)18(23)24)15-7-6-8-20-11-15/h6-8,11,16-17H,3-5,9-10,12-14H2,1-2H3,(H,23,24)/t16-,17+/m0/s1. The number of nitrogens with zero attached hydrogens (tertiary/aromatic N) is 3. The average molecular weight is 331 g/mol. The van der Waals surface area contributed by atoms with E-state index < -0.39 is 5.97 Å². The Morgan fingerprint density at radius 2 is 2.04 bits per heavy atom. The van der Waals surface area contributed by atoms with E-state index in [-0.39, 0.29) is 17.4 Å². The molecule has 2 aliphatic heterocycles. The lowest BCUT2D eigenvalue weighted by Gasteiger charge is -2.43. The van der Waals surface area contributed by atoms with Crippen LogP contribution in [0, 0.1) is 5.92 Å². The van der Waals surface area contributed by atoms with Crippen LogP contribution in [-0.2, 0) is 4.79 Å². The minimum absolute atomic E-state index is 0.0355. The number of carbonyl (C=O) groups is 1. The van der Waals surface area contributed by atoms with Gasteiger partial charge in [-0.15, -0.1) is 0 Å². The Morgan fingerprint density at radius 1 is 1.29 bits per heavy atom. The molecular formula is C19H29N3O2. The maximum absolute atomic E-state index is 11.7. The van der Waals surface area contributed by atoms with E-state index >= 15 is 0 Å². The van der Waals surface area contributed by atoms with E-state index in [1.54, 1.807) is 6.20 Å². The van der Waals surface area contributed by atoms with E-state index in [1.165, 1.54) is 19.3 Å². The van der Waals surface area contributed by atoms with Crippen molar-refractivity contribution >= 4 is 5.97 Å². The summed E-state index contributed by atoms with van der Waals surface area (Å²) < 4.78 is 0. The molecule has 3 heterocycles. The van der Waals surface area contributed by atoms with Crippen LogP contribution in [0.5, 0.6) is 0 Å². The Kier molecular flexibility index (Phi) is 5.21. The molecule has 3 rings (SSSR count). The number of pyridine rings is 1. The smallest absolute Gasteiger partial charge is 0.308 e. The fourth-order valence-electron chi connectivity index (χ4n) is 4.34. The molecule has 1 aromatic rings. The Labute approximate surface area is 144 Å². The topological polar surface area (TPSA) is 56.7 Å². The molecule has 1 N–H and O–H groups in total. The van der Waals surface area contributed by atoms with Gasteiger partial charge >= 0.3 is 5.97 Å². The second kappa shape index (κ2) is 7.19. The van der Waals surface area contributed by atoms with Gasteiger partial charge in [0, 0.05) is 43.5 Å². The zero-order valence-corrected chi connectivity index (χ0v) is 14.8. The van der Waals surface area contributed by atoms with Gasteiger partial charge in [-0.3, -0.25) is 14.7 Å². The number of hydrogen-bond donors (Lipinski definition) is 1. The van der Waals surface area contributed by atoms with E-state index in [9.17, 15) is 9.90 Å². The number of carboxylic acid groups (broad SMARTS) is 1. The zero-order valence-electron chi connectivity index (χ0n) is 14.8. The molecule has 2 saturated heterocycles. The largest absolute Gasteiger partial charge is 0.481 e. The van der Waals surface area contributed by atoms with Crippen LogP contribution in [0.25, 0.3) is 0 Å². The predicted octanol–water partition coefficient (Wildman–Crippen LogP) is 2.45. The highest BCUT2D eigenvalue weighted by atomic mass is 16.4. The SMILES string of the molecule is CC(C)(CN1C[C@@H](C(=O)O)[C@H](c2cccnc2)C1)N1CCCCC1. The summed E-state index contributed by atoms with van der Waals surface area (Å²) in [5.41, 5.74) is 1.14. The van der Waals surface area contributed by atoms with Crippen LogP contribution in [0.1, 0.15) is 44.6 Å². The molecule has 0 aliphatic carbocycles. The fraction of sp³-hybridized carbons (Fsp3) is 0.684. The van der Waals surface area contributed by atoms with E-state index in [2.05, 4.69) is 28.6 Å². The monoisotopic (exact) mass is 331 g/mol. The van der Waals surface area contributed by atoms with Crippen molar-refractivity contribution < 1.29 is 9.90 Å². The van der Waals surface area contributed by atoms with E-state index in [4.69, 9.17) is 0 Å². The normalized spacial score (nSPS) is 26.6. The van der Waals surface area contributed by atoms with Crippen LogP contribution in [0.15, 0.2) is 24.5 Å². The highest BCUT2D eigenvalue weighted by Gasteiger charge is 2.41. The van der Waals surface area contributed by atoms with Gasteiger partial charge in [-0.05, 0) is 51.4 Å². The molecule has 2 atom stereocenters. The van der Waals surface area contributed by atoms with Crippen molar-refractivity contribution in [2.24, 2.45) is 5.92 Å². The third kappa shape index (κ3) is 3.78. The molecule has 1 aromatic heterocycles. The molecule has 5 nitrogen and oxygen atoms in total. The lowest BCUT2D eigenvalue weighted by Crippen LogP contribution is -2.53. The number of hydrogen-bond acceptors (Lipinski definition) is 4. The Bertz CT molecular complexity index is 555. The van der Waals surface area contributed by atoms with Gasteiger partial charge < -0.3 is 10.0 Å². The Hall–Kier alpha value is -1.46. The number of likely N-dealkylation sites (tertiary alicyclic amines) is 2. The van der Waals surface area contributed by atoms with Crippen molar-refractivity contribution in [3.63, 3.8) is 0 Å². The molecule has 5 heteroatoms. The molecule has 24 heavy (non-hydrogen) atoms. The van der Waals surface area contributed by atoms with Gasteiger partial charge in [0.2, 0.25) is 0 Å². The molecule has 0 unspecified atom stereocenters. The van der Waals surface area contributed by atoms with E-state index in [0.717, 1.165) is 31.7 Å². The molecule has 132 valence electrons. The maximum atomic E-state index is 11.7. The quantitative estimate of drug-likeness (QED) is 0.898. The van der Waals surface area contributed by atoms with Crippen molar-refractivity contribution in [1.82, 2.24) is 14.8 Å². The van der Waals surface area contributed by atoms with Crippen LogP contribution in [-0.4, -0.2) is 64.1 Å². The Balaban J connectivity index is 1.70. The van der Waals surface area contributed by atoms with Crippen molar-refractivity contribution in [3.8, 4) is 0 Å². The number of carboxylic acids is 1. The Morgan fingerprint density at radius 3 is 2.67 bits per heavy atom. The minimum atomic E-state index is -0.692. The summed E-state index contributed by atoms with van der Waals surface area (Å²) >= 11 is 0. The minimum Gasteiger partial charge on any atom is -0.481 e. The molecule has 0 radical (unpaired) electrons. The fourth-order valence-corrected chi connectivity index (χ4v) is 4.34. The summed E-state index contributed by atoms with van der Waals surface area (Å²) in [4.78, 5) is 20.8. The molecule has 0 aromatic carbocycles. The number of aliphatic carboxylic acids is 1. The van der Waals surface area contributed by atoms with Crippen LogP contribution < -0.4 is 0 Å². The van der Waals surface area contributed by atoms with Gasteiger partial charge in [0.1, 0.15) is 0 Å². The summed E-state index contributed by atoms with van der Waals surface area (Å²) in [6.07, 6.45) is 7.45. The molecule has 0 spiro atoms. The first-order valence-electron chi connectivity index (χ1n) is 9.07. The molecule has 0 bridgehead atoms. The predicted molar refractivity (Wildman–Crippen MR) is 94.0 cm³/mol. The molecule has 0 saturated carbocycles. The number of aromatic nitrogens is 1. The van der Waals surface area contributed by atoms with Gasteiger partial charge in [0.15, 0.2) is 0 Å². The van der Waals surface area contributed by atoms with Crippen LogP contribution >= 0.6 is 0 Å². The van der Waals surface area contributed by atoms with Crippen LogP contribution in [0.3, 0.4) is 0 Å².